The highest BCUT2D eigenvalue weighted by Crippen LogP contribution is 2.23. The second kappa shape index (κ2) is 10.8. The van der Waals surface area contributed by atoms with Crippen molar-refractivity contribution in [2.45, 2.75) is 64.1 Å². The first-order valence-electron chi connectivity index (χ1n) is 7.63. The molecule has 0 fully saturated rings. The minimum absolute atomic E-state index is 0.0665. The van der Waals surface area contributed by atoms with E-state index in [-0.39, 0.29) is 14.1 Å². The minimum atomic E-state index is -0.461. The third-order valence-corrected chi connectivity index (χ3v) is 4.14. The van der Waals surface area contributed by atoms with E-state index in [4.69, 9.17) is 0 Å². The summed E-state index contributed by atoms with van der Waals surface area (Å²) >= 11 is 0. The number of quaternary nitrogens is 1. The Labute approximate surface area is 121 Å². The predicted molar refractivity (Wildman–Crippen MR) is 84.8 cm³/mol. The number of likely N-dealkylation sites (N-methyl/N-ethyl adjacent to an activating group) is 1. The number of aliphatic hydroxyl groups is 1. The lowest BCUT2D eigenvalue weighted by atomic mass is 10.1. The Morgan fingerprint density at radius 1 is 1.05 bits per heavy atom. The quantitative estimate of drug-likeness (QED) is 0.340. The van der Waals surface area contributed by atoms with Crippen LogP contribution in [0.1, 0.15) is 58.3 Å². The van der Waals surface area contributed by atoms with Crippen LogP contribution in [0.4, 0.5) is 0 Å². The minimum Gasteiger partial charge on any atom is -0.383 e. The highest BCUT2D eigenvalue weighted by molar-refractivity contribution is 7.58. The van der Waals surface area contributed by atoms with Gasteiger partial charge in [0.1, 0.15) is 12.4 Å². The number of aliphatic hydroxyl groups excluding tert-OH is 1. The molecule has 3 nitrogen and oxygen atoms in total. The van der Waals surface area contributed by atoms with E-state index >= 15 is 0 Å². The first-order valence-corrected chi connectivity index (χ1v) is 8.71. The van der Waals surface area contributed by atoms with Crippen LogP contribution in [0.15, 0.2) is 0 Å². The number of carbonyl (C=O) groups excluding carboxylic acids is 1. The van der Waals surface area contributed by atoms with Gasteiger partial charge in [-0.15, -0.1) is 0 Å². The smallest absolute Gasteiger partial charge is 0.154 e. The lowest BCUT2D eigenvalue weighted by Gasteiger charge is -2.26. The Bertz CT molecular complexity index is 239. The maximum absolute atomic E-state index is 11.7. The van der Waals surface area contributed by atoms with Crippen molar-refractivity contribution in [3.8, 4) is 0 Å². The van der Waals surface area contributed by atoms with Crippen LogP contribution in [-0.4, -0.2) is 48.6 Å². The van der Waals surface area contributed by atoms with Crippen molar-refractivity contribution in [3.63, 3.8) is 0 Å². The molecule has 114 valence electrons. The van der Waals surface area contributed by atoms with Crippen molar-refractivity contribution in [3.05, 3.63) is 0 Å². The number of hydrogen-bond acceptors (Lipinski definition) is 2. The van der Waals surface area contributed by atoms with E-state index in [1.807, 2.05) is 21.1 Å². The van der Waals surface area contributed by atoms with Gasteiger partial charge in [-0.05, 0) is 15.0 Å². The molecule has 19 heavy (non-hydrogen) atoms. The summed E-state index contributed by atoms with van der Waals surface area (Å²) in [6.07, 6.45) is 9.29. The third-order valence-electron chi connectivity index (χ3n) is 3.06. The molecular formula is C15H33NO2P+. The fourth-order valence-electron chi connectivity index (χ4n) is 2.07. The summed E-state index contributed by atoms with van der Waals surface area (Å²) in [6.45, 7) is 2.88. The molecule has 0 rings (SSSR count). The molecule has 0 radical (unpaired) electrons. The fraction of sp³-hybridized carbons (Fsp3) is 0.933. The van der Waals surface area contributed by atoms with Gasteiger partial charge in [0.25, 0.3) is 0 Å². The number of rotatable bonds is 12. The van der Waals surface area contributed by atoms with Crippen LogP contribution in [0, 0.1) is 0 Å². The molecule has 1 N–H and O–H groups in total. The van der Waals surface area contributed by atoms with Crippen LogP contribution >= 0.6 is 8.58 Å². The lowest BCUT2D eigenvalue weighted by Crippen LogP contribution is -2.40. The van der Waals surface area contributed by atoms with Crippen LogP contribution in [0.2, 0.25) is 0 Å². The van der Waals surface area contributed by atoms with Gasteiger partial charge in [0.2, 0.25) is 0 Å². The van der Waals surface area contributed by atoms with Gasteiger partial charge in [-0.25, -0.2) is 0 Å². The number of carbonyl (C=O) groups is 1. The first kappa shape index (κ1) is 19.0. The Hall–Kier alpha value is 0.0200. The van der Waals surface area contributed by atoms with Crippen molar-refractivity contribution in [2.75, 3.05) is 27.7 Å². The number of unbranched alkanes of at least 4 members (excludes halogenated alkanes) is 6. The Kier molecular flexibility index (Phi) is 10.8. The molecule has 0 aromatic carbocycles. The summed E-state index contributed by atoms with van der Waals surface area (Å²) in [4.78, 5) is 11.7. The number of hydrogen-bond donors (Lipinski definition) is 1. The molecule has 0 heterocycles. The molecule has 0 aromatic rings. The molecular weight excluding hydrogens is 257 g/mol. The van der Waals surface area contributed by atoms with Crippen molar-refractivity contribution in [1.82, 2.24) is 0 Å². The summed E-state index contributed by atoms with van der Waals surface area (Å²) in [7, 11) is 6.18. The molecule has 0 saturated carbocycles. The van der Waals surface area contributed by atoms with Crippen LogP contribution in [-0.2, 0) is 4.79 Å². The van der Waals surface area contributed by atoms with E-state index in [0.717, 1.165) is 12.8 Å². The summed E-state index contributed by atoms with van der Waals surface area (Å²) < 4.78 is 0.707. The maximum Gasteiger partial charge on any atom is 0.154 e. The standard InChI is InChI=1S/C15H33NO2P/c1-5-6-7-8-9-10-11-12-14(17)19-15(18)13-16(2,3)4/h15,18-19H,5-13H2,1-4H3/q+1. The zero-order valence-corrected chi connectivity index (χ0v) is 14.2. The lowest BCUT2D eigenvalue weighted by molar-refractivity contribution is -0.871. The van der Waals surface area contributed by atoms with Gasteiger partial charge in [0, 0.05) is 6.42 Å². The Balaban J connectivity index is 3.49. The van der Waals surface area contributed by atoms with E-state index in [1.54, 1.807) is 0 Å². The van der Waals surface area contributed by atoms with E-state index in [1.165, 1.54) is 32.1 Å². The molecule has 2 atom stereocenters. The maximum atomic E-state index is 11.7. The van der Waals surface area contributed by atoms with Crippen LogP contribution < -0.4 is 0 Å². The van der Waals surface area contributed by atoms with Crippen LogP contribution in [0.25, 0.3) is 0 Å². The van der Waals surface area contributed by atoms with E-state index in [9.17, 15) is 9.90 Å². The molecule has 0 bridgehead atoms. The first-order chi connectivity index (χ1) is 8.85. The van der Waals surface area contributed by atoms with Crippen LogP contribution in [0.3, 0.4) is 0 Å². The van der Waals surface area contributed by atoms with Gasteiger partial charge in [0.05, 0.1) is 21.1 Å². The molecule has 0 aliphatic carbocycles. The summed E-state index contributed by atoms with van der Waals surface area (Å²) in [6, 6.07) is 0. The molecule has 0 aromatic heterocycles. The summed E-state index contributed by atoms with van der Waals surface area (Å²) in [5.41, 5.74) is 0.245. The van der Waals surface area contributed by atoms with Gasteiger partial charge in [-0.3, -0.25) is 4.79 Å². The van der Waals surface area contributed by atoms with Crippen molar-refractivity contribution in [2.24, 2.45) is 0 Å². The second-order valence-electron chi connectivity index (χ2n) is 6.43. The average Bonchev–Trinajstić information content (AvgIpc) is 2.25. The Morgan fingerprint density at radius 3 is 2.11 bits per heavy atom. The highest BCUT2D eigenvalue weighted by atomic mass is 31.1. The third kappa shape index (κ3) is 14.2. The normalized spacial score (nSPS) is 14.2. The SMILES string of the molecule is CCCCCCCCCC(=O)PC(O)C[N+](C)(C)C. The predicted octanol–water partition coefficient (Wildman–Crippen LogP) is 3.36. The van der Waals surface area contributed by atoms with E-state index in [2.05, 4.69) is 6.92 Å². The van der Waals surface area contributed by atoms with Crippen molar-refractivity contribution >= 4 is 14.1 Å². The molecule has 0 spiro atoms. The summed E-state index contributed by atoms with van der Waals surface area (Å²) in [5, 5.41) is 9.83. The zero-order valence-electron chi connectivity index (χ0n) is 13.2. The molecule has 0 aliphatic rings. The van der Waals surface area contributed by atoms with Gasteiger partial charge >= 0.3 is 0 Å². The van der Waals surface area contributed by atoms with Crippen LogP contribution in [0.5, 0.6) is 0 Å². The second-order valence-corrected chi connectivity index (χ2v) is 7.94. The van der Waals surface area contributed by atoms with Gasteiger partial charge in [-0.1, -0.05) is 45.4 Å². The summed E-state index contributed by atoms with van der Waals surface area (Å²) in [5.74, 6) is -0.461. The topological polar surface area (TPSA) is 37.3 Å². The van der Waals surface area contributed by atoms with Crippen molar-refractivity contribution in [1.29, 1.82) is 0 Å². The molecule has 0 saturated heterocycles. The fourth-order valence-corrected chi connectivity index (χ4v) is 3.40. The largest absolute Gasteiger partial charge is 0.383 e. The van der Waals surface area contributed by atoms with Gasteiger partial charge < -0.3 is 9.59 Å². The number of nitrogens with zero attached hydrogens (tertiary/aromatic N) is 1. The zero-order chi connectivity index (χ0) is 14.7. The van der Waals surface area contributed by atoms with E-state index < -0.39 is 5.85 Å². The monoisotopic (exact) mass is 290 g/mol. The van der Waals surface area contributed by atoms with Gasteiger partial charge in [-0.2, -0.15) is 0 Å². The van der Waals surface area contributed by atoms with E-state index in [0.29, 0.717) is 17.4 Å². The van der Waals surface area contributed by atoms with Gasteiger partial charge in [0.15, 0.2) is 5.52 Å². The van der Waals surface area contributed by atoms with Crippen molar-refractivity contribution < 1.29 is 14.4 Å². The molecule has 4 heteroatoms. The Morgan fingerprint density at radius 2 is 1.58 bits per heavy atom. The highest BCUT2D eigenvalue weighted by Gasteiger charge is 2.18. The molecule has 0 aliphatic heterocycles. The average molecular weight is 290 g/mol. The molecule has 0 amide bonds. The molecule has 2 unspecified atom stereocenters.